The fraction of sp³-hybridized carbons (Fsp3) is 0.105. The van der Waals surface area contributed by atoms with E-state index in [1.807, 2.05) is 49.4 Å². The maximum Gasteiger partial charge on any atom is 0.293 e. The molecule has 8 heteroatoms. The van der Waals surface area contributed by atoms with Gasteiger partial charge in [0.05, 0.1) is 7.11 Å². The summed E-state index contributed by atoms with van der Waals surface area (Å²) in [4.78, 5) is 17.0. The molecule has 0 aliphatic rings. The van der Waals surface area contributed by atoms with E-state index in [4.69, 9.17) is 9.15 Å². The first-order chi connectivity index (χ1) is 13.0. The first kappa shape index (κ1) is 17.7. The van der Waals surface area contributed by atoms with Crippen LogP contribution in [0.4, 0.5) is 5.13 Å². The molecule has 0 saturated heterocycles. The molecule has 6 nitrogen and oxygen atoms in total. The molecule has 0 radical (unpaired) electrons. The van der Waals surface area contributed by atoms with Crippen LogP contribution in [0.15, 0.2) is 51.4 Å². The predicted molar refractivity (Wildman–Crippen MR) is 109 cm³/mol. The van der Waals surface area contributed by atoms with Crippen molar-refractivity contribution in [3.63, 3.8) is 0 Å². The normalized spacial score (nSPS) is 10.9. The number of halogens is 1. The minimum Gasteiger partial charge on any atom is -0.497 e. The third kappa shape index (κ3) is 3.45. The van der Waals surface area contributed by atoms with Crippen molar-refractivity contribution in [2.45, 2.75) is 6.92 Å². The topological polar surface area (TPSA) is 77.2 Å². The maximum absolute atomic E-state index is 12.6. The van der Waals surface area contributed by atoms with Gasteiger partial charge in [-0.1, -0.05) is 15.9 Å². The molecule has 1 N–H and O–H groups in total. The number of carbonyl (C=O) groups is 1. The van der Waals surface area contributed by atoms with Crippen molar-refractivity contribution in [1.82, 2.24) is 9.36 Å². The molecule has 0 bridgehead atoms. The van der Waals surface area contributed by atoms with Crippen molar-refractivity contribution in [1.29, 1.82) is 0 Å². The van der Waals surface area contributed by atoms with Gasteiger partial charge in [-0.3, -0.25) is 10.1 Å². The molecule has 2 aromatic carbocycles. The number of aryl methyl sites for hydroxylation is 1. The first-order valence-electron chi connectivity index (χ1n) is 8.03. The number of rotatable bonds is 4. The summed E-state index contributed by atoms with van der Waals surface area (Å²) in [6, 6.07) is 13.1. The summed E-state index contributed by atoms with van der Waals surface area (Å²) in [5.74, 6) is 1.22. The second kappa shape index (κ2) is 7.13. The van der Waals surface area contributed by atoms with E-state index >= 15 is 0 Å². The number of anilines is 1. The van der Waals surface area contributed by atoms with Gasteiger partial charge in [-0.05, 0) is 49.4 Å². The molecule has 0 atom stereocenters. The molecule has 0 aliphatic carbocycles. The Labute approximate surface area is 167 Å². The van der Waals surface area contributed by atoms with Crippen molar-refractivity contribution < 1.29 is 13.9 Å². The fourth-order valence-electron chi connectivity index (χ4n) is 2.70. The zero-order chi connectivity index (χ0) is 19.0. The summed E-state index contributed by atoms with van der Waals surface area (Å²) in [5, 5.41) is 4.07. The van der Waals surface area contributed by atoms with Crippen LogP contribution in [-0.2, 0) is 0 Å². The van der Waals surface area contributed by atoms with Gasteiger partial charge in [-0.2, -0.15) is 9.36 Å². The molecule has 4 rings (SSSR count). The number of hydrogen-bond acceptors (Lipinski definition) is 6. The molecule has 136 valence electrons. The number of amides is 1. The van der Waals surface area contributed by atoms with E-state index < -0.39 is 0 Å². The lowest BCUT2D eigenvalue weighted by atomic mass is 10.1. The maximum atomic E-state index is 12.6. The lowest BCUT2D eigenvalue weighted by molar-refractivity contribution is 0.0998. The highest BCUT2D eigenvalue weighted by molar-refractivity contribution is 9.10. The molecule has 0 aliphatic heterocycles. The Kier molecular flexibility index (Phi) is 4.67. The van der Waals surface area contributed by atoms with Crippen LogP contribution in [0.3, 0.4) is 0 Å². The van der Waals surface area contributed by atoms with Gasteiger partial charge >= 0.3 is 0 Å². The lowest BCUT2D eigenvalue weighted by Crippen LogP contribution is -2.11. The standard InChI is InChI=1S/C19H14BrN3O3S/c1-10-14-8-5-12(20)9-15(14)26-16(10)18(24)22-19-21-17(23-27-19)11-3-6-13(25-2)7-4-11/h3-9H,1-2H3,(H,21,22,23,24). The fourth-order valence-corrected chi connectivity index (χ4v) is 3.63. The molecule has 0 unspecified atom stereocenters. The number of hydrogen-bond donors (Lipinski definition) is 1. The number of furan rings is 1. The molecule has 2 aromatic heterocycles. The Morgan fingerprint density at radius 3 is 2.74 bits per heavy atom. The molecular weight excluding hydrogens is 430 g/mol. The van der Waals surface area contributed by atoms with E-state index in [1.54, 1.807) is 7.11 Å². The number of nitrogens with zero attached hydrogens (tertiary/aromatic N) is 2. The molecule has 0 fully saturated rings. The predicted octanol–water partition coefficient (Wildman–Crippen LogP) is 5.28. The molecule has 4 aromatic rings. The van der Waals surface area contributed by atoms with Crippen molar-refractivity contribution in [3.8, 4) is 17.1 Å². The summed E-state index contributed by atoms with van der Waals surface area (Å²) in [5.41, 5.74) is 2.29. The van der Waals surface area contributed by atoms with Crippen LogP contribution >= 0.6 is 27.5 Å². The van der Waals surface area contributed by atoms with Gasteiger partial charge in [0, 0.05) is 32.5 Å². The third-order valence-corrected chi connectivity index (χ3v) is 5.22. The van der Waals surface area contributed by atoms with Gasteiger partial charge in [0.15, 0.2) is 11.6 Å². The van der Waals surface area contributed by atoms with Crippen molar-refractivity contribution >= 4 is 49.5 Å². The Morgan fingerprint density at radius 1 is 1.22 bits per heavy atom. The summed E-state index contributed by atoms with van der Waals surface area (Å²) in [6.45, 7) is 1.86. The average Bonchev–Trinajstić information content (AvgIpc) is 3.26. The summed E-state index contributed by atoms with van der Waals surface area (Å²) in [6.07, 6.45) is 0. The second-order valence-electron chi connectivity index (χ2n) is 5.80. The molecule has 0 saturated carbocycles. The second-order valence-corrected chi connectivity index (χ2v) is 7.47. The first-order valence-corrected chi connectivity index (χ1v) is 9.60. The number of nitrogens with one attached hydrogen (secondary N) is 1. The van der Waals surface area contributed by atoms with Gasteiger partial charge in [0.2, 0.25) is 5.13 Å². The van der Waals surface area contributed by atoms with Crippen LogP contribution in [0.2, 0.25) is 0 Å². The van der Waals surface area contributed by atoms with Crippen LogP contribution in [-0.4, -0.2) is 22.4 Å². The Bertz CT molecular complexity index is 1140. The number of ether oxygens (including phenoxy) is 1. The molecule has 27 heavy (non-hydrogen) atoms. The summed E-state index contributed by atoms with van der Waals surface area (Å²) in [7, 11) is 1.61. The molecule has 2 heterocycles. The highest BCUT2D eigenvalue weighted by Crippen LogP contribution is 2.29. The largest absolute Gasteiger partial charge is 0.497 e. The summed E-state index contributed by atoms with van der Waals surface area (Å²) >= 11 is 4.53. The van der Waals surface area contributed by atoms with E-state index in [0.29, 0.717) is 16.5 Å². The van der Waals surface area contributed by atoms with Crippen LogP contribution in [0.25, 0.3) is 22.4 Å². The number of fused-ring (bicyclic) bond motifs is 1. The number of carbonyl (C=O) groups excluding carboxylic acids is 1. The zero-order valence-corrected chi connectivity index (χ0v) is 16.8. The van der Waals surface area contributed by atoms with Crippen molar-refractivity contribution in [2.24, 2.45) is 0 Å². The highest BCUT2D eigenvalue weighted by atomic mass is 79.9. The third-order valence-electron chi connectivity index (χ3n) is 4.10. The minimum absolute atomic E-state index is 0.268. The van der Waals surface area contributed by atoms with Crippen LogP contribution < -0.4 is 10.1 Å². The van der Waals surface area contributed by atoms with E-state index in [2.05, 4.69) is 30.6 Å². The van der Waals surface area contributed by atoms with Crippen LogP contribution in [0.1, 0.15) is 16.1 Å². The minimum atomic E-state index is -0.350. The highest BCUT2D eigenvalue weighted by Gasteiger charge is 2.19. The Balaban J connectivity index is 1.56. The van der Waals surface area contributed by atoms with Gasteiger partial charge in [-0.25, -0.2) is 0 Å². The quantitative estimate of drug-likeness (QED) is 0.463. The van der Waals surface area contributed by atoms with Crippen molar-refractivity contribution in [2.75, 3.05) is 12.4 Å². The van der Waals surface area contributed by atoms with E-state index in [1.165, 1.54) is 0 Å². The monoisotopic (exact) mass is 443 g/mol. The Hall–Kier alpha value is -2.71. The zero-order valence-electron chi connectivity index (χ0n) is 14.4. The van der Waals surface area contributed by atoms with Crippen LogP contribution in [0, 0.1) is 6.92 Å². The van der Waals surface area contributed by atoms with E-state index in [9.17, 15) is 4.79 Å². The number of methoxy groups -OCH3 is 1. The van der Waals surface area contributed by atoms with Gasteiger partial charge < -0.3 is 9.15 Å². The van der Waals surface area contributed by atoms with Gasteiger partial charge in [0.25, 0.3) is 5.91 Å². The summed E-state index contributed by atoms with van der Waals surface area (Å²) < 4.78 is 16.1. The van der Waals surface area contributed by atoms with Crippen molar-refractivity contribution in [3.05, 3.63) is 58.3 Å². The number of benzene rings is 2. The molecule has 1 amide bonds. The van der Waals surface area contributed by atoms with Gasteiger partial charge in [0.1, 0.15) is 11.3 Å². The van der Waals surface area contributed by atoms with E-state index in [-0.39, 0.29) is 11.7 Å². The SMILES string of the molecule is COc1ccc(-c2nsc(NC(=O)c3oc4cc(Br)ccc4c3C)n2)cc1. The van der Waals surface area contributed by atoms with Crippen LogP contribution in [0.5, 0.6) is 5.75 Å². The van der Waals surface area contributed by atoms with Gasteiger partial charge in [-0.15, -0.1) is 0 Å². The number of aromatic nitrogens is 2. The van der Waals surface area contributed by atoms with E-state index in [0.717, 1.165) is 38.3 Å². The smallest absolute Gasteiger partial charge is 0.293 e. The lowest BCUT2D eigenvalue weighted by Gasteiger charge is -2.00. The average molecular weight is 444 g/mol. The molecular formula is C19H14BrN3O3S. The Morgan fingerprint density at radius 2 is 2.00 bits per heavy atom. The molecule has 0 spiro atoms.